The molecule has 128 valence electrons. The van der Waals surface area contributed by atoms with E-state index in [4.69, 9.17) is 9.47 Å². The van der Waals surface area contributed by atoms with Crippen molar-refractivity contribution in [1.29, 1.82) is 0 Å². The van der Waals surface area contributed by atoms with Crippen molar-refractivity contribution in [2.24, 2.45) is 0 Å². The van der Waals surface area contributed by atoms with Gasteiger partial charge in [-0.15, -0.1) is 0 Å². The first kappa shape index (κ1) is 17.9. The summed E-state index contributed by atoms with van der Waals surface area (Å²) < 4.78 is 10.7. The summed E-state index contributed by atoms with van der Waals surface area (Å²) in [7, 11) is 1.63. The second-order valence-corrected chi connectivity index (χ2v) is 5.74. The lowest BCUT2D eigenvalue weighted by Crippen LogP contribution is -2.27. The van der Waals surface area contributed by atoms with E-state index in [1.807, 2.05) is 42.5 Å². The maximum atomic E-state index is 11.9. The molecule has 0 saturated heterocycles. The molecule has 0 fully saturated rings. The van der Waals surface area contributed by atoms with Gasteiger partial charge in [-0.25, -0.2) is 0 Å². The van der Waals surface area contributed by atoms with Crippen LogP contribution < -0.4 is 14.8 Å². The third kappa shape index (κ3) is 5.95. The molecule has 0 aliphatic carbocycles. The summed E-state index contributed by atoms with van der Waals surface area (Å²) in [5.41, 5.74) is 1.24. The van der Waals surface area contributed by atoms with Crippen LogP contribution in [-0.4, -0.2) is 26.2 Å². The monoisotopic (exact) mass is 327 g/mol. The molecule has 1 atom stereocenters. The van der Waals surface area contributed by atoms with Crippen LogP contribution in [0.5, 0.6) is 11.5 Å². The van der Waals surface area contributed by atoms with Crippen molar-refractivity contribution in [3.63, 3.8) is 0 Å². The zero-order chi connectivity index (χ0) is 17.2. The Morgan fingerprint density at radius 1 is 1.04 bits per heavy atom. The second-order valence-electron chi connectivity index (χ2n) is 5.74. The lowest BCUT2D eigenvalue weighted by Gasteiger charge is -2.13. The van der Waals surface area contributed by atoms with Gasteiger partial charge in [-0.1, -0.05) is 37.3 Å². The zero-order valence-electron chi connectivity index (χ0n) is 14.3. The molecule has 0 heterocycles. The number of carbonyl (C=O) groups is 1. The highest BCUT2D eigenvalue weighted by atomic mass is 16.5. The fourth-order valence-electron chi connectivity index (χ4n) is 2.35. The molecule has 0 bridgehead atoms. The van der Waals surface area contributed by atoms with Crippen molar-refractivity contribution >= 4 is 5.91 Å². The maximum Gasteiger partial charge on any atom is 0.220 e. The van der Waals surface area contributed by atoms with Gasteiger partial charge in [0, 0.05) is 13.0 Å². The summed E-state index contributed by atoms with van der Waals surface area (Å²) in [5.74, 6) is 1.96. The number of ether oxygens (including phenoxy) is 2. The van der Waals surface area contributed by atoms with E-state index in [-0.39, 0.29) is 5.91 Å². The van der Waals surface area contributed by atoms with Gasteiger partial charge < -0.3 is 14.8 Å². The zero-order valence-corrected chi connectivity index (χ0v) is 14.3. The molecule has 2 rings (SSSR count). The second kappa shape index (κ2) is 9.60. The van der Waals surface area contributed by atoms with Gasteiger partial charge in [0.2, 0.25) is 5.91 Å². The number of rotatable bonds is 9. The van der Waals surface area contributed by atoms with Gasteiger partial charge >= 0.3 is 0 Å². The Morgan fingerprint density at radius 3 is 2.38 bits per heavy atom. The molecule has 0 aromatic heterocycles. The number of benzene rings is 2. The van der Waals surface area contributed by atoms with E-state index in [0.29, 0.717) is 31.9 Å². The number of carbonyl (C=O) groups excluding carboxylic acids is 1. The highest BCUT2D eigenvalue weighted by molar-refractivity contribution is 5.75. The van der Waals surface area contributed by atoms with Gasteiger partial charge in [-0.3, -0.25) is 4.79 Å². The van der Waals surface area contributed by atoms with Crippen molar-refractivity contribution in [2.75, 3.05) is 20.3 Å². The van der Waals surface area contributed by atoms with E-state index in [0.717, 1.165) is 11.5 Å². The van der Waals surface area contributed by atoms with Crippen LogP contribution >= 0.6 is 0 Å². The minimum Gasteiger partial charge on any atom is -0.497 e. The van der Waals surface area contributed by atoms with Gasteiger partial charge in [0.25, 0.3) is 0 Å². The van der Waals surface area contributed by atoms with Crippen LogP contribution in [0.25, 0.3) is 0 Å². The summed E-state index contributed by atoms with van der Waals surface area (Å²) >= 11 is 0. The summed E-state index contributed by atoms with van der Waals surface area (Å²) in [4.78, 5) is 11.9. The molecular formula is C20H25NO3. The number of nitrogens with one attached hydrogen (secondary N) is 1. The van der Waals surface area contributed by atoms with E-state index in [1.165, 1.54) is 5.56 Å². The van der Waals surface area contributed by atoms with Gasteiger partial charge in [0.15, 0.2) is 0 Å². The first-order chi connectivity index (χ1) is 11.7. The highest BCUT2D eigenvalue weighted by Crippen LogP contribution is 2.17. The normalized spacial score (nSPS) is 11.6. The van der Waals surface area contributed by atoms with Crippen LogP contribution in [0.1, 0.15) is 31.2 Å². The minimum absolute atomic E-state index is 0.0658. The fourth-order valence-corrected chi connectivity index (χ4v) is 2.35. The Labute approximate surface area is 143 Å². The first-order valence-electron chi connectivity index (χ1n) is 8.27. The summed E-state index contributed by atoms with van der Waals surface area (Å²) in [6, 6.07) is 17.6. The van der Waals surface area contributed by atoms with Crippen molar-refractivity contribution in [3.05, 3.63) is 60.2 Å². The quantitative estimate of drug-likeness (QED) is 0.713. The van der Waals surface area contributed by atoms with Crippen LogP contribution in [0.15, 0.2) is 54.6 Å². The molecule has 0 radical (unpaired) electrons. The standard InChI is InChI=1S/C20H25NO3/c1-16(17-7-4-3-5-8-17)15-21-20(22)9-6-14-24-19-12-10-18(23-2)11-13-19/h3-5,7-8,10-13,16H,6,9,14-15H2,1-2H3,(H,21,22)/t16-/m0/s1. The third-order valence-corrected chi connectivity index (χ3v) is 3.85. The predicted octanol–water partition coefficient (Wildman–Crippen LogP) is 3.77. The molecule has 4 nitrogen and oxygen atoms in total. The maximum absolute atomic E-state index is 11.9. The largest absolute Gasteiger partial charge is 0.497 e. The van der Waals surface area contributed by atoms with Gasteiger partial charge in [-0.05, 0) is 42.2 Å². The molecule has 0 aliphatic rings. The van der Waals surface area contributed by atoms with Crippen molar-refractivity contribution in [3.8, 4) is 11.5 Å². The lowest BCUT2D eigenvalue weighted by molar-refractivity contribution is -0.121. The Kier molecular flexibility index (Phi) is 7.15. The first-order valence-corrected chi connectivity index (χ1v) is 8.27. The minimum atomic E-state index is 0.0658. The van der Waals surface area contributed by atoms with Gasteiger partial charge in [-0.2, -0.15) is 0 Å². The average molecular weight is 327 g/mol. The molecule has 0 saturated carbocycles. The van der Waals surface area contributed by atoms with E-state index < -0.39 is 0 Å². The van der Waals surface area contributed by atoms with E-state index in [2.05, 4.69) is 24.4 Å². The van der Waals surface area contributed by atoms with Gasteiger partial charge in [0.1, 0.15) is 11.5 Å². The van der Waals surface area contributed by atoms with Crippen LogP contribution in [0.2, 0.25) is 0 Å². The van der Waals surface area contributed by atoms with Crippen molar-refractivity contribution in [1.82, 2.24) is 5.32 Å². The summed E-state index contributed by atoms with van der Waals surface area (Å²) in [5, 5.41) is 2.98. The molecule has 2 aromatic rings. The topological polar surface area (TPSA) is 47.6 Å². The number of hydrogen-bond donors (Lipinski definition) is 1. The molecule has 1 amide bonds. The number of amides is 1. The molecule has 4 heteroatoms. The highest BCUT2D eigenvalue weighted by Gasteiger charge is 2.07. The Morgan fingerprint density at radius 2 is 1.71 bits per heavy atom. The van der Waals surface area contributed by atoms with E-state index >= 15 is 0 Å². The molecular weight excluding hydrogens is 302 g/mol. The number of hydrogen-bond acceptors (Lipinski definition) is 3. The average Bonchev–Trinajstić information content (AvgIpc) is 2.64. The summed E-state index contributed by atoms with van der Waals surface area (Å²) in [6.07, 6.45) is 1.16. The Balaban J connectivity index is 1.61. The smallest absolute Gasteiger partial charge is 0.220 e. The predicted molar refractivity (Wildman–Crippen MR) is 95.6 cm³/mol. The summed E-state index contributed by atoms with van der Waals surface area (Å²) in [6.45, 7) is 3.29. The number of methoxy groups -OCH3 is 1. The molecule has 0 aliphatic heterocycles. The fraction of sp³-hybridized carbons (Fsp3) is 0.350. The SMILES string of the molecule is COc1ccc(OCCCC(=O)NC[C@H](C)c2ccccc2)cc1. The third-order valence-electron chi connectivity index (χ3n) is 3.85. The van der Waals surface area contributed by atoms with Crippen LogP contribution in [0, 0.1) is 0 Å². The van der Waals surface area contributed by atoms with Crippen LogP contribution in [-0.2, 0) is 4.79 Å². The molecule has 1 N–H and O–H groups in total. The van der Waals surface area contributed by atoms with E-state index in [9.17, 15) is 4.79 Å². The Bertz CT molecular complexity index is 611. The van der Waals surface area contributed by atoms with Crippen LogP contribution in [0.3, 0.4) is 0 Å². The Hall–Kier alpha value is -2.49. The molecule has 24 heavy (non-hydrogen) atoms. The lowest BCUT2D eigenvalue weighted by atomic mass is 10.0. The van der Waals surface area contributed by atoms with Crippen molar-refractivity contribution in [2.45, 2.75) is 25.7 Å². The molecule has 0 spiro atoms. The van der Waals surface area contributed by atoms with Crippen molar-refractivity contribution < 1.29 is 14.3 Å². The van der Waals surface area contributed by atoms with Gasteiger partial charge in [0.05, 0.1) is 13.7 Å². The molecule has 0 unspecified atom stereocenters. The van der Waals surface area contributed by atoms with E-state index in [1.54, 1.807) is 7.11 Å². The van der Waals surface area contributed by atoms with Crippen LogP contribution in [0.4, 0.5) is 0 Å². The molecule has 2 aromatic carbocycles.